The zero-order valence-corrected chi connectivity index (χ0v) is 17.8. The predicted molar refractivity (Wildman–Crippen MR) is 115 cm³/mol. The molecule has 2 aromatic rings. The third-order valence-electron chi connectivity index (χ3n) is 4.76. The molecule has 150 valence electrons. The number of rotatable bonds is 2. The average Bonchev–Trinajstić information content (AvgIpc) is 2.54. The first-order valence-electron chi connectivity index (χ1n) is 9.35. The normalized spacial score (nSPS) is 13.8. The molecule has 1 aromatic heterocycles. The van der Waals surface area contributed by atoms with Crippen molar-refractivity contribution >= 4 is 24.2 Å². The molecular formula is C23H31N2O3+. The number of hydrogen-bond acceptors (Lipinski definition) is 2. The van der Waals surface area contributed by atoms with Crippen LogP contribution in [0.3, 0.4) is 0 Å². The molecule has 0 radical (unpaired) electrons. The number of aromatic amines is 1. The van der Waals surface area contributed by atoms with E-state index in [-0.39, 0.29) is 38.7 Å². The number of H-pyrrole nitrogens is 1. The Morgan fingerprint density at radius 3 is 2.18 bits per heavy atom. The van der Waals surface area contributed by atoms with Crippen LogP contribution in [0.1, 0.15) is 65.2 Å². The molecule has 5 nitrogen and oxygen atoms in total. The predicted octanol–water partition coefficient (Wildman–Crippen LogP) is 1.60. The zero-order valence-electron chi connectivity index (χ0n) is 17.8. The fraction of sp³-hybridized carbons (Fsp3) is 0.391. The minimum absolute atomic E-state index is 0.0925. The Morgan fingerprint density at radius 2 is 1.68 bits per heavy atom. The molecule has 0 amide bonds. The van der Waals surface area contributed by atoms with Crippen LogP contribution in [0.5, 0.6) is 5.75 Å². The van der Waals surface area contributed by atoms with Gasteiger partial charge >= 0.3 is 5.90 Å². The highest BCUT2D eigenvalue weighted by atomic mass is 16.3. The number of pyridine rings is 1. The molecule has 4 N–H and O–H groups in total. The van der Waals surface area contributed by atoms with Gasteiger partial charge < -0.3 is 15.2 Å². The summed E-state index contributed by atoms with van der Waals surface area (Å²) in [6, 6.07) is 3.56. The highest BCUT2D eigenvalue weighted by molar-refractivity contribution is 5.88. The van der Waals surface area contributed by atoms with Crippen molar-refractivity contribution in [2.24, 2.45) is 0 Å². The van der Waals surface area contributed by atoms with Crippen molar-refractivity contribution in [1.82, 2.24) is 4.98 Å². The number of aromatic nitrogens is 1. The molecule has 0 bridgehead atoms. The second-order valence-corrected chi connectivity index (χ2v) is 9.10. The van der Waals surface area contributed by atoms with Gasteiger partial charge in [0.15, 0.2) is 5.56 Å². The van der Waals surface area contributed by atoms with Crippen LogP contribution < -0.4 is 21.0 Å². The summed E-state index contributed by atoms with van der Waals surface area (Å²) in [6.45, 7) is 17.9. The molecule has 5 heteroatoms. The van der Waals surface area contributed by atoms with Gasteiger partial charge in [0, 0.05) is 27.9 Å². The summed E-state index contributed by atoms with van der Waals surface area (Å²) in [5, 5.41) is 22.1. The van der Waals surface area contributed by atoms with Gasteiger partial charge in [0.25, 0.3) is 0 Å². The van der Waals surface area contributed by atoms with Crippen molar-refractivity contribution in [3.05, 3.63) is 55.8 Å². The summed E-state index contributed by atoms with van der Waals surface area (Å²) in [6.07, 6.45) is 3.20. The van der Waals surface area contributed by atoms with E-state index in [1.165, 1.54) is 6.20 Å². The second kappa shape index (κ2) is 7.30. The molecule has 0 atom stereocenters. The van der Waals surface area contributed by atoms with Gasteiger partial charge in [-0.2, -0.15) is 4.99 Å². The number of nitrogens with one attached hydrogen (secondary N) is 2. The third kappa shape index (κ3) is 4.19. The lowest BCUT2D eigenvalue weighted by Gasteiger charge is -2.25. The number of aliphatic hydroxyl groups excluding tert-OH is 1. The van der Waals surface area contributed by atoms with E-state index in [9.17, 15) is 15.0 Å². The number of phenolic OH excluding ortho intramolecular Hbond substituents is 1. The van der Waals surface area contributed by atoms with Crippen LogP contribution in [0.15, 0.2) is 23.1 Å². The molecule has 2 rings (SSSR count). The van der Waals surface area contributed by atoms with E-state index in [1.54, 1.807) is 19.1 Å². The molecule has 1 aromatic carbocycles. The van der Waals surface area contributed by atoms with Crippen LogP contribution in [0.25, 0.3) is 12.7 Å². The molecule has 0 saturated carbocycles. The number of phenols is 1. The molecular weight excluding hydrogens is 352 g/mol. The summed E-state index contributed by atoms with van der Waals surface area (Å²) in [4.78, 5) is 18.4. The summed E-state index contributed by atoms with van der Waals surface area (Å²) < 4.78 is 0. The monoisotopic (exact) mass is 383 g/mol. The SMILES string of the molecule is C=c1c(=O)c(C(O)=[NH+]c2cc(O)c(C(C)(C)C)cc2C(C)(C)C)c[nH]/c1=C/C. The molecule has 0 fully saturated rings. The van der Waals surface area contributed by atoms with Gasteiger partial charge in [-0.25, -0.2) is 0 Å². The van der Waals surface area contributed by atoms with E-state index >= 15 is 0 Å². The molecule has 0 spiro atoms. The van der Waals surface area contributed by atoms with Gasteiger partial charge in [0.2, 0.25) is 11.1 Å². The number of aromatic hydroxyl groups is 1. The molecule has 0 unspecified atom stereocenters. The molecule has 0 saturated heterocycles. The standard InChI is InChI=1S/C23H30N2O3/c1-9-17-13(2)20(27)14(12-24-17)21(28)25-18-11-19(26)16(23(6,7)8)10-15(18)22(3,4)5/h9-12,24,26H,2H2,1,3-8H3,(H,25,28)/p+1/b17-9+. The maximum absolute atomic E-state index is 12.5. The van der Waals surface area contributed by atoms with E-state index in [1.807, 2.05) is 26.8 Å². The quantitative estimate of drug-likeness (QED) is 0.469. The summed E-state index contributed by atoms with van der Waals surface area (Å²) >= 11 is 0. The van der Waals surface area contributed by atoms with Crippen molar-refractivity contribution < 1.29 is 15.2 Å². The fourth-order valence-electron chi connectivity index (χ4n) is 3.13. The first-order valence-corrected chi connectivity index (χ1v) is 9.35. The Kier molecular flexibility index (Phi) is 5.60. The summed E-state index contributed by atoms with van der Waals surface area (Å²) in [5.41, 5.74) is 1.54. The number of aliphatic hydroxyl groups is 1. The molecule has 0 aliphatic heterocycles. The maximum atomic E-state index is 12.5. The second-order valence-electron chi connectivity index (χ2n) is 9.10. The van der Waals surface area contributed by atoms with Crippen LogP contribution in [0, 0.1) is 0 Å². The van der Waals surface area contributed by atoms with E-state index in [2.05, 4.69) is 37.3 Å². The van der Waals surface area contributed by atoms with Crippen molar-refractivity contribution in [2.75, 3.05) is 0 Å². The average molecular weight is 384 g/mol. The first-order chi connectivity index (χ1) is 12.8. The summed E-state index contributed by atoms with van der Waals surface area (Å²) in [7, 11) is 0. The lowest BCUT2D eigenvalue weighted by Crippen LogP contribution is -2.68. The highest BCUT2D eigenvalue weighted by Gasteiger charge is 2.28. The number of benzene rings is 1. The highest BCUT2D eigenvalue weighted by Crippen LogP contribution is 2.37. The smallest absolute Gasteiger partial charge is 0.377 e. The molecule has 28 heavy (non-hydrogen) atoms. The maximum Gasteiger partial charge on any atom is 0.377 e. The minimum atomic E-state index is -0.357. The van der Waals surface area contributed by atoms with E-state index < -0.39 is 0 Å². The minimum Gasteiger partial charge on any atom is -0.507 e. The lowest BCUT2D eigenvalue weighted by atomic mass is 9.79. The Balaban J connectivity index is 2.75. The number of hydrogen-bond donors (Lipinski definition) is 4. The Morgan fingerprint density at radius 1 is 1.11 bits per heavy atom. The van der Waals surface area contributed by atoms with Crippen LogP contribution >= 0.6 is 0 Å². The van der Waals surface area contributed by atoms with E-state index in [4.69, 9.17) is 0 Å². The van der Waals surface area contributed by atoms with Crippen LogP contribution in [-0.2, 0) is 10.8 Å². The van der Waals surface area contributed by atoms with Crippen LogP contribution in [0.4, 0.5) is 5.69 Å². The lowest BCUT2D eigenvalue weighted by molar-refractivity contribution is -0.365. The van der Waals surface area contributed by atoms with Crippen molar-refractivity contribution in [2.45, 2.75) is 59.3 Å². The van der Waals surface area contributed by atoms with Gasteiger partial charge in [-0.3, -0.25) is 4.79 Å². The van der Waals surface area contributed by atoms with E-state index in [0.29, 0.717) is 11.0 Å². The van der Waals surface area contributed by atoms with Gasteiger partial charge in [0.05, 0.1) is 6.07 Å². The van der Waals surface area contributed by atoms with Gasteiger partial charge in [0.1, 0.15) is 5.75 Å². The molecule has 0 aliphatic carbocycles. The zero-order chi connectivity index (χ0) is 21.4. The fourth-order valence-corrected chi connectivity index (χ4v) is 3.13. The molecule has 1 heterocycles. The van der Waals surface area contributed by atoms with Gasteiger partial charge in [-0.15, -0.1) is 0 Å². The van der Waals surface area contributed by atoms with Crippen LogP contribution in [0.2, 0.25) is 0 Å². The largest absolute Gasteiger partial charge is 0.507 e. The summed E-state index contributed by atoms with van der Waals surface area (Å²) in [5.74, 6) is -0.152. The van der Waals surface area contributed by atoms with Crippen molar-refractivity contribution in [3.8, 4) is 5.75 Å². The van der Waals surface area contributed by atoms with E-state index in [0.717, 1.165) is 11.1 Å². The third-order valence-corrected chi connectivity index (χ3v) is 4.76. The van der Waals surface area contributed by atoms with Gasteiger partial charge in [-0.1, -0.05) is 54.2 Å². The van der Waals surface area contributed by atoms with Crippen LogP contribution in [-0.4, -0.2) is 21.1 Å². The first kappa shape index (κ1) is 21.5. The van der Waals surface area contributed by atoms with Crippen molar-refractivity contribution in [3.63, 3.8) is 0 Å². The molecule has 0 aliphatic rings. The van der Waals surface area contributed by atoms with Gasteiger partial charge in [-0.05, 0) is 23.8 Å². The Hall–Kier alpha value is -2.82. The topological polar surface area (TPSA) is 87.3 Å². The Bertz CT molecular complexity index is 1090. The Labute approximate surface area is 165 Å². The van der Waals surface area contributed by atoms with Crippen molar-refractivity contribution in [1.29, 1.82) is 0 Å².